The van der Waals surface area contributed by atoms with Crippen molar-refractivity contribution in [3.05, 3.63) is 110 Å². The fourth-order valence-electron chi connectivity index (χ4n) is 3.10. The molecule has 4 rings (SSSR count). The third-order valence-corrected chi connectivity index (χ3v) is 4.46. The number of non-ortho nitro benzene ring substituents is 1. The van der Waals surface area contributed by atoms with Gasteiger partial charge in [-0.25, -0.2) is 0 Å². The first-order valence-corrected chi connectivity index (χ1v) is 8.47. The lowest BCUT2D eigenvalue weighted by atomic mass is 9.98. The summed E-state index contributed by atoms with van der Waals surface area (Å²) in [5, 5.41) is 11.4. The first-order valence-electron chi connectivity index (χ1n) is 8.47. The minimum Gasteiger partial charge on any atom is -0.456 e. The molecule has 0 amide bonds. The Morgan fingerprint density at radius 2 is 1.52 bits per heavy atom. The van der Waals surface area contributed by atoms with E-state index in [4.69, 9.17) is 4.42 Å². The van der Waals surface area contributed by atoms with Gasteiger partial charge >= 0.3 is 0 Å². The number of hydrogen-bond acceptors (Lipinski definition) is 4. The molecule has 1 aromatic heterocycles. The SMILES string of the molecule is O=c1c(Cc2ccc([N+](=O)[O-])cc2)c(-c2ccccc2)oc2ccccc12. The first kappa shape index (κ1) is 16.7. The van der Waals surface area contributed by atoms with Crippen molar-refractivity contribution in [2.24, 2.45) is 0 Å². The maximum atomic E-state index is 13.1. The summed E-state index contributed by atoms with van der Waals surface area (Å²) < 4.78 is 6.09. The summed E-state index contributed by atoms with van der Waals surface area (Å²) in [4.78, 5) is 23.5. The van der Waals surface area contributed by atoms with E-state index >= 15 is 0 Å². The highest BCUT2D eigenvalue weighted by atomic mass is 16.6. The lowest BCUT2D eigenvalue weighted by molar-refractivity contribution is -0.384. The molecular formula is C22H15NO4. The van der Waals surface area contributed by atoms with Gasteiger partial charge in [0.15, 0.2) is 5.43 Å². The maximum absolute atomic E-state index is 13.1. The van der Waals surface area contributed by atoms with Crippen molar-refractivity contribution in [1.82, 2.24) is 0 Å². The molecule has 0 aliphatic carbocycles. The molecule has 3 aromatic carbocycles. The Labute approximate surface area is 154 Å². The zero-order chi connectivity index (χ0) is 18.8. The maximum Gasteiger partial charge on any atom is 0.269 e. The van der Waals surface area contributed by atoms with Crippen LogP contribution in [0.5, 0.6) is 0 Å². The molecule has 0 N–H and O–H groups in total. The van der Waals surface area contributed by atoms with E-state index in [0.717, 1.165) is 11.1 Å². The van der Waals surface area contributed by atoms with Crippen LogP contribution in [-0.2, 0) is 6.42 Å². The quantitative estimate of drug-likeness (QED) is 0.382. The average molecular weight is 357 g/mol. The van der Waals surface area contributed by atoms with Crippen LogP contribution in [0, 0.1) is 10.1 Å². The number of nitro benzene ring substituents is 1. The van der Waals surface area contributed by atoms with Gasteiger partial charge in [0, 0.05) is 29.7 Å². The fraction of sp³-hybridized carbons (Fsp3) is 0.0455. The van der Waals surface area contributed by atoms with E-state index in [0.29, 0.717) is 28.7 Å². The Bertz CT molecular complexity index is 1180. The predicted octanol–water partition coefficient (Wildman–Crippen LogP) is 4.96. The van der Waals surface area contributed by atoms with Crippen molar-refractivity contribution in [3.63, 3.8) is 0 Å². The van der Waals surface area contributed by atoms with Gasteiger partial charge in [-0.2, -0.15) is 0 Å². The Morgan fingerprint density at radius 3 is 2.22 bits per heavy atom. The van der Waals surface area contributed by atoms with Crippen LogP contribution < -0.4 is 5.43 Å². The van der Waals surface area contributed by atoms with Crippen LogP contribution in [0.2, 0.25) is 0 Å². The second-order valence-corrected chi connectivity index (χ2v) is 6.20. The summed E-state index contributed by atoms with van der Waals surface area (Å²) in [7, 11) is 0. The minimum atomic E-state index is -0.441. The van der Waals surface area contributed by atoms with E-state index in [9.17, 15) is 14.9 Å². The molecular weight excluding hydrogens is 342 g/mol. The van der Waals surface area contributed by atoms with Crippen LogP contribution in [0.15, 0.2) is 88.1 Å². The third kappa shape index (κ3) is 3.22. The fourth-order valence-corrected chi connectivity index (χ4v) is 3.10. The van der Waals surface area contributed by atoms with Gasteiger partial charge in [-0.1, -0.05) is 54.6 Å². The molecule has 0 radical (unpaired) electrons. The number of hydrogen-bond donors (Lipinski definition) is 0. The van der Waals surface area contributed by atoms with E-state index in [1.54, 1.807) is 30.3 Å². The molecule has 0 aliphatic rings. The molecule has 0 fully saturated rings. The second kappa shape index (κ2) is 6.88. The van der Waals surface area contributed by atoms with E-state index in [1.165, 1.54) is 12.1 Å². The number of nitro groups is 1. The molecule has 0 unspecified atom stereocenters. The van der Waals surface area contributed by atoms with Gasteiger partial charge in [-0.15, -0.1) is 0 Å². The smallest absolute Gasteiger partial charge is 0.269 e. The highest BCUT2D eigenvalue weighted by molar-refractivity contribution is 5.80. The molecule has 0 aliphatic heterocycles. The molecule has 1 heterocycles. The number of para-hydroxylation sites is 1. The van der Waals surface area contributed by atoms with Crippen molar-refractivity contribution in [3.8, 4) is 11.3 Å². The summed E-state index contributed by atoms with van der Waals surface area (Å²) in [5.41, 5.74) is 2.63. The summed E-state index contributed by atoms with van der Waals surface area (Å²) in [6, 6.07) is 22.8. The lowest BCUT2D eigenvalue weighted by Gasteiger charge is -2.10. The van der Waals surface area contributed by atoms with Gasteiger partial charge < -0.3 is 4.42 Å². The minimum absolute atomic E-state index is 0.0209. The van der Waals surface area contributed by atoms with Crippen LogP contribution in [0.4, 0.5) is 5.69 Å². The highest BCUT2D eigenvalue weighted by Gasteiger charge is 2.16. The van der Waals surface area contributed by atoms with Crippen LogP contribution >= 0.6 is 0 Å². The van der Waals surface area contributed by atoms with Gasteiger partial charge in [0.2, 0.25) is 0 Å². The Hall–Kier alpha value is -3.73. The number of benzene rings is 3. The summed E-state index contributed by atoms with van der Waals surface area (Å²) in [5.74, 6) is 0.526. The first-order chi connectivity index (χ1) is 13.1. The molecule has 132 valence electrons. The molecule has 0 spiro atoms. The van der Waals surface area contributed by atoms with Crippen molar-refractivity contribution < 1.29 is 9.34 Å². The van der Waals surface area contributed by atoms with Gasteiger partial charge in [0.05, 0.1) is 10.3 Å². The van der Waals surface area contributed by atoms with E-state index in [1.807, 2.05) is 36.4 Å². The van der Waals surface area contributed by atoms with E-state index in [-0.39, 0.29) is 11.1 Å². The largest absolute Gasteiger partial charge is 0.456 e. The summed E-state index contributed by atoms with van der Waals surface area (Å²) in [6.07, 6.45) is 0.329. The number of fused-ring (bicyclic) bond motifs is 1. The van der Waals surface area contributed by atoms with Crippen LogP contribution in [0.1, 0.15) is 11.1 Å². The van der Waals surface area contributed by atoms with Crippen LogP contribution in [0.25, 0.3) is 22.3 Å². The molecule has 5 nitrogen and oxygen atoms in total. The molecule has 0 atom stereocenters. The van der Waals surface area contributed by atoms with Crippen molar-refractivity contribution in [1.29, 1.82) is 0 Å². The highest BCUT2D eigenvalue weighted by Crippen LogP contribution is 2.27. The zero-order valence-corrected chi connectivity index (χ0v) is 14.3. The predicted molar refractivity (Wildman–Crippen MR) is 104 cm³/mol. The van der Waals surface area contributed by atoms with Gasteiger partial charge in [0.25, 0.3) is 5.69 Å². The van der Waals surface area contributed by atoms with E-state index < -0.39 is 4.92 Å². The van der Waals surface area contributed by atoms with Gasteiger partial charge in [0.1, 0.15) is 11.3 Å². The molecule has 27 heavy (non-hydrogen) atoms. The van der Waals surface area contributed by atoms with Crippen LogP contribution in [0.3, 0.4) is 0 Å². The third-order valence-electron chi connectivity index (χ3n) is 4.46. The standard InChI is InChI=1S/C22H15NO4/c24-21-18-8-4-5-9-20(18)27-22(16-6-2-1-3-7-16)19(21)14-15-10-12-17(13-11-15)23(25)26/h1-13H,14H2. The van der Waals surface area contributed by atoms with Crippen LogP contribution in [-0.4, -0.2) is 4.92 Å². The molecule has 0 bridgehead atoms. The zero-order valence-electron chi connectivity index (χ0n) is 14.3. The number of rotatable bonds is 4. The number of nitrogens with zero attached hydrogens (tertiary/aromatic N) is 1. The normalized spacial score (nSPS) is 10.8. The van der Waals surface area contributed by atoms with Crippen molar-refractivity contribution in [2.45, 2.75) is 6.42 Å². The van der Waals surface area contributed by atoms with Gasteiger partial charge in [-0.3, -0.25) is 14.9 Å². The van der Waals surface area contributed by atoms with Crippen molar-refractivity contribution >= 4 is 16.7 Å². The second-order valence-electron chi connectivity index (χ2n) is 6.20. The Kier molecular flexibility index (Phi) is 4.26. The molecule has 5 heteroatoms. The summed E-state index contributed by atoms with van der Waals surface area (Å²) >= 11 is 0. The lowest BCUT2D eigenvalue weighted by Crippen LogP contribution is -2.12. The van der Waals surface area contributed by atoms with Crippen molar-refractivity contribution in [2.75, 3.05) is 0 Å². The molecule has 0 saturated heterocycles. The van der Waals surface area contributed by atoms with Gasteiger partial charge in [-0.05, 0) is 17.7 Å². The Morgan fingerprint density at radius 1 is 0.852 bits per heavy atom. The molecule has 0 saturated carbocycles. The summed E-state index contributed by atoms with van der Waals surface area (Å²) in [6.45, 7) is 0. The topological polar surface area (TPSA) is 73.3 Å². The Balaban J connectivity index is 1.88. The monoisotopic (exact) mass is 357 g/mol. The molecule has 4 aromatic rings. The average Bonchev–Trinajstić information content (AvgIpc) is 2.71. The van der Waals surface area contributed by atoms with E-state index in [2.05, 4.69) is 0 Å².